The summed E-state index contributed by atoms with van der Waals surface area (Å²) in [6.45, 7) is 6.76. The van der Waals surface area contributed by atoms with Crippen LogP contribution in [0.1, 0.15) is 0 Å². The average Bonchev–Trinajstić information content (AvgIpc) is 3.01. The highest BCUT2D eigenvalue weighted by Gasteiger charge is 2.32. The molecule has 1 aromatic carbocycles. The molecular formula is C17H20FN3O3S. The Balaban J connectivity index is 1.67. The number of benzene rings is 1. The molecule has 2 aliphatic heterocycles. The van der Waals surface area contributed by atoms with Crippen LogP contribution < -0.4 is 15.1 Å². The first-order valence-electron chi connectivity index (χ1n) is 8.09. The largest absolute Gasteiger partial charge is 0.442 e. The standard InChI is InChI=1S/C17H20FN3O3S/c1-2-16(25)19-10-13-11-21(17(22)24-13)12-3-4-15(14(18)9-12)20-5-7-23-8-6-20/h2-4,9,13H,1,5-8,10-11H2,(H,19,25)/t13-/m0/s1. The van der Waals surface area contributed by atoms with Crippen LogP contribution in [0.3, 0.4) is 0 Å². The molecular weight excluding hydrogens is 345 g/mol. The SMILES string of the molecule is C=CC(=S)NC[C@H]1CN(c2ccc(N3CCOCC3)c(F)c2)C(=O)O1. The lowest BCUT2D eigenvalue weighted by atomic mass is 10.2. The van der Waals surface area contributed by atoms with Gasteiger partial charge in [-0.1, -0.05) is 18.8 Å². The second kappa shape index (κ2) is 7.79. The van der Waals surface area contributed by atoms with Crippen molar-refractivity contribution in [1.82, 2.24) is 5.32 Å². The fourth-order valence-corrected chi connectivity index (χ4v) is 2.93. The summed E-state index contributed by atoms with van der Waals surface area (Å²) in [5.74, 6) is -0.360. The van der Waals surface area contributed by atoms with Gasteiger partial charge in [0.05, 0.1) is 42.7 Å². The maximum atomic E-state index is 14.5. The molecule has 0 spiro atoms. The highest BCUT2D eigenvalue weighted by molar-refractivity contribution is 7.80. The third-order valence-corrected chi connectivity index (χ3v) is 4.47. The first kappa shape index (κ1) is 17.6. The normalized spacial score (nSPS) is 20.4. The molecule has 1 aromatic rings. The van der Waals surface area contributed by atoms with E-state index >= 15 is 0 Å². The second-order valence-electron chi connectivity index (χ2n) is 5.80. The topological polar surface area (TPSA) is 54.0 Å². The molecule has 2 fully saturated rings. The molecule has 25 heavy (non-hydrogen) atoms. The minimum Gasteiger partial charge on any atom is -0.442 e. The first-order valence-corrected chi connectivity index (χ1v) is 8.50. The Bertz CT molecular complexity index is 679. The van der Waals surface area contributed by atoms with E-state index in [1.165, 1.54) is 17.0 Å². The van der Waals surface area contributed by atoms with E-state index in [4.69, 9.17) is 21.7 Å². The minimum atomic E-state index is -0.491. The summed E-state index contributed by atoms with van der Waals surface area (Å²) in [5.41, 5.74) is 1.00. The number of anilines is 2. The maximum absolute atomic E-state index is 14.5. The lowest BCUT2D eigenvalue weighted by molar-refractivity contribution is 0.122. The number of cyclic esters (lactones) is 1. The summed E-state index contributed by atoms with van der Waals surface area (Å²) >= 11 is 4.99. The van der Waals surface area contributed by atoms with Gasteiger partial charge in [-0.05, 0) is 24.3 Å². The van der Waals surface area contributed by atoms with Crippen LogP contribution in [-0.4, -0.2) is 56.6 Å². The van der Waals surface area contributed by atoms with Crippen LogP contribution in [0.4, 0.5) is 20.6 Å². The van der Waals surface area contributed by atoms with Crippen molar-refractivity contribution in [2.45, 2.75) is 6.10 Å². The number of carbonyl (C=O) groups excluding carboxylic acids is 1. The Morgan fingerprint density at radius 1 is 1.44 bits per heavy atom. The van der Waals surface area contributed by atoms with E-state index in [1.807, 2.05) is 4.90 Å². The molecule has 2 saturated heterocycles. The number of nitrogens with zero attached hydrogens (tertiary/aromatic N) is 2. The van der Waals surface area contributed by atoms with Crippen molar-refractivity contribution in [1.29, 1.82) is 0 Å². The zero-order chi connectivity index (χ0) is 17.8. The van der Waals surface area contributed by atoms with Gasteiger partial charge in [0.1, 0.15) is 11.9 Å². The van der Waals surface area contributed by atoms with Crippen LogP contribution in [0, 0.1) is 5.82 Å². The molecule has 2 aliphatic rings. The second-order valence-corrected chi connectivity index (χ2v) is 6.24. The summed E-state index contributed by atoms with van der Waals surface area (Å²) < 4.78 is 25.1. The lowest BCUT2D eigenvalue weighted by Crippen LogP contribution is -2.36. The van der Waals surface area contributed by atoms with Crippen LogP contribution >= 0.6 is 12.2 Å². The molecule has 0 bridgehead atoms. The molecule has 0 unspecified atom stereocenters. The van der Waals surface area contributed by atoms with Gasteiger partial charge in [-0.15, -0.1) is 0 Å². The zero-order valence-electron chi connectivity index (χ0n) is 13.7. The average molecular weight is 365 g/mol. The number of carbonyl (C=O) groups is 1. The fraction of sp³-hybridized carbons (Fsp3) is 0.412. The highest BCUT2D eigenvalue weighted by atomic mass is 32.1. The Kier molecular flexibility index (Phi) is 5.50. The number of halogens is 1. The molecule has 0 saturated carbocycles. The first-order chi connectivity index (χ1) is 12.1. The van der Waals surface area contributed by atoms with E-state index in [0.29, 0.717) is 55.8 Å². The quantitative estimate of drug-likeness (QED) is 0.637. The summed E-state index contributed by atoms with van der Waals surface area (Å²) in [4.78, 5) is 15.9. The number of thiocarbonyl (C=S) groups is 1. The van der Waals surface area contributed by atoms with Gasteiger partial charge in [-0.2, -0.15) is 0 Å². The van der Waals surface area contributed by atoms with Crippen molar-refractivity contribution in [2.75, 3.05) is 49.2 Å². The summed E-state index contributed by atoms with van der Waals surface area (Å²) in [5, 5.41) is 2.95. The Labute approximate surface area is 151 Å². The highest BCUT2D eigenvalue weighted by Crippen LogP contribution is 2.28. The van der Waals surface area contributed by atoms with Gasteiger partial charge in [0.15, 0.2) is 0 Å². The molecule has 3 rings (SSSR count). The third-order valence-electron chi connectivity index (χ3n) is 4.16. The van der Waals surface area contributed by atoms with Crippen molar-refractivity contribution < 1.29 is 18.7 Å². The van der Waals surface area contributed by atoms with Gasteiger partial charge in [-0.25, -0.2) is 9.18 Å². The molecule has 1 amide bonds. The third kappa shape index (κ3) is 4.08. The number of amides is 1. The molecule has 0 aliphatic carbocycles. The van der Waals surface area contributed by atoms with Crippen molar-refractivity contribution >= 4 is 34.7 Å². The monoisotopic (exact) mass is 365 g/mol. The predicted octanol–water partition coefficient (Wildman–Crippen LogP) is 2.09. The molecule has 1 atom stereocenters. The van der Waals surface area contributed by atoms with Crippen LogP contribution in [0.5, 0.6) is 0 Å². The summed E-state index contributed by atoms with van der Waals surface area (Å²) in [7, 11) is 0. The summed E-state index contributed by atoms with van der Waals surface area (Å²) in [6, 6.07) is 4.80. The smallest absolute Gasteiger partial charge is 0.414 e. The van der Waals surface area contributed by atoms with Crippen molar-refractivity contribution in [3.05, 3.63) is 36.7 Å². The van der Waals surface area contributed by atoms with E-state index in [-0.39, 0.29) is 11.9 Å². The van der Waals surface area contributed by atoms with Crippen molar-refractivity contribution in [3.8, 4) is 0 Å². The molecule has 1 N–H and O–H groups in total. The van der Waals surface area contributed by atoms with Crippen LogP contribution in [-0.2, 0) is 9.47 Å². The van der Waals surface area contributed by atoms with E-state index in [2.05, 4.69) is 11.9 Å². The Morgan fingerprint density at radius 2 is 2.20 bits per heavy atom. The van der Waals surface area contributed by atoms with E-state index in [1.54, 1.807) is 12.1 Å². The number of rotatable bonds is 5. The van der Waals surface area contributed by atoms with Crippen LogP contribution in [0.25, 0.3) is 0 Å². The molecule has 134 valence electrons. The molecule has 0 radical (unpaired) electrons. The van der Waals surface area contributed by atoms with Crippen molar-refractivity contribution in [2.24, 2.45) is 0 Å². The molecule has 2 heterocycles. The minimum absolute atomic E-state index is 0.335. The fourth-order valence-electron chi connectivity index (χ4n) is 2.85. The van der Waals surface area contributed by atoms with Gasteiger partial charge in [0, 0.05) is 13.1 Å². The van der Waals surface area contributed by atoms with Crippen molar-refractivity contribution in [3.63, 3.8) is 0 Å². The number of morpholine rings is 1. The van der Waals surface area contributed by atoms with Gasteiger partial charge >= 0.3 is 6.09 Å². The predicted molar refractivity (Wildman–Crippen MR) is 97.8 cm³/mol. The van der Waals surface area contributed by atoms with Crippen LogP contribution in [0.2, 0.25) is 0 Å². The molecule has 6 nitrogen and oxygen atoms in total. The summed E-state index contributed by atoms with van der Waals surface area (Å²) in [6.07, 6.45) is 0.672. The van der Waals surface area contributed by atoms with Gasteiger partial charge in [0.2, 0.25) is 0 Å². The van der Waals surface area contributed by atoms with Crippen LogP contribution in [0.15, 0.2) is 30.9 Å². The van der Waals surface area contributed by atoms with Gasteiger partial charge < -0.3 is 19.7 Å². The lowest BCUT2D eigenvalue weighted by Gasteiger charge is -2.29. The zero-order valence-corrected chi connectivity index (χ0v) is 14.6. The number of hydrogen-bond acceptors (Lipinski definition) is 5. The van der Waals surface area contributed by atoms with E-state index in [9.17, 15) is 9.18 Å². The molecule has 0 aromatic heterocycles. The Hall–Kier alpha value is -2.19. The maximum Gasteiger partial charge on any atom is 0.414 e. The Morgan fingerprint density at radius 3 is 2.88 bits per heavy atom. The van der Waals surface area contributed by atoms with Gasteiger partial charge in [-0.3, -0.25) is 4.90 Å². The van der Waals surface area contributed by atoms with E-state index < -0.39 is 6.09 Å². The number of ether oxygens (including phenoxy) is 2. The van der Waals surface area contributed by atoms with E-state index in [0.717, 1.165) is 0 Å². The molecule has 8 heteroatoms. The number of hydrogen-bond donors (Lipinski definition) is 1. The van der Waals surface area contributed by atoms with Gasteiger partial charge in [0.25, 0.3) is 0 Å². The number of nitrogens with one attached hydrogen (secondary N) is 1.